The summed E-state index contributed by atoms with van der Waals surface area (Å²) < 4.78 is 72.3. The fraction of sp³-hybridized carbons (Fsp3) is 0.964. The minimum absolute atomic E-state index is 0.0484. The maximum atomic E-state index is 11.8. The molecule has 1 spiro atoms. The molecular weight excluding hydrogens is 1090 g/mol. The van der Waals surface area contributed by atoms with Crippen LogP contribution in [-0.4, -0.2) is 270 Å². The summed E-state index contributed by atoms with van der Waals surface area (Å²) in [5, 5.41) is 153. The van der Waals surface area contributed by atoms with E-state index in [0.717, 1.165) is 51.6 Å². The predicted octanol–water partition coefficient (Wildman–Crippen LogP) is -3.50. The van der Waals surface area contributed by atoms with Crippen molar-refractivity contribution in [2.45, 2.75) is 258 Å². The zero-order valence-corrected chi connectivity index (χ0v) is 47.1. The molecule has 26 heteroatoms. The molecule has 0 aromatic rings. The second kappa shape index (κ2) is 24.2. The van der Waals surface area contributed by atoms with Gasteiger partial charge >= 0.3 is 0 Å². The summed E-state index contributed by atoms with van der Waals surface area (Å²) in [5.74, 6) is 2.43. The fourth-order valence-corrected chi connectivity index (χ4v) is 16.7. The topological polar surface area (TPSA) is 394 Å². The van der Waals surface area contributed by atoms with Gasteiger partial charge in [-0.25, -0.2) is 0 Å². The number of fused-ring (bicyclic) bond motifs is 7. The summed E-state index contributed by atoms with van der Waals surface area (Å²) in [6.45, 7) is 8.51. The monoisotopic (exact) mass is 1180 g/mol. The van der Waals surface area contributed by atoms with Crippen molar-refractivity contribution in [3.05, 3.63) is 11.6 Å². The molecule has 0 radical (unpaired) electrons. The van der Waals surface area contributed by atoms with Crippen LogP contribution in [0.4, 0.5) is 0 Å². The van der Waals surface area contributed by atoms with E-state index in [0.29, 0.717) is 48.3 Å². The Labute approximate surface area is 476 Å². The smallest absolute Gasteiger partial charge is 0.187 e. The van der Waals surface area contributed by atoms with Crippen molar-refractivity contribution in [2.24, 2.45) is 46.3 Å². The zero-order chi connectivity index (χ0) is 58.6. The average molecular weight is 1180 g/mol. The number of allylic oxidation sites excluding steroid dienone is 1. The van der Waals surface area contributed by atoms with Gasteiger partial charge in [-0.05, 0) is 98.7 Å². The number of aliphatic hydroxyl groups excluding tert-OH is 14. The molecule has 7 aliphatic heterocycles. The van der Waals surface area contributed by atoms with Gasteiger partial charge in [0, 0.05) is 12.3 Å². The predicted molar refractivity (Wildman–Crippen MR) is 273 cm³/mol. The molecule has 35 atom stereocenters. The van der Waals surface area contributed by atoms with Crippen LogP contribution in [0.3, 0.4) is 0 Å². The molecule has 7 saturated heterocycles. The lowest BCUT2D eigenvalue weighted by Crippen LogP contribution is -2.67. The van der Waals surface area contributed by atoms with Crippen LogP contribution in [0, 0.1) is 46.3 Å². The van der Waals surface area contributed by atoms with Gasteiger partial charge < -0.3 is 128 Å². The molecular formula is C56H90O26. The molecule has 11 rings (SSSR count). The minimum Gasteiger partial charge on any atom is -0.394 e. The quantitative estimate of drug-likeness (QED) is 0.0796. The molecule has 14 N–H and O–H groups in total. The third-order valence-electron chi connectivity index (χ3n) is 21.5. The van der Waals surface area contributed by atoms with Gasteiger partial charge in [0.2, 0.25) is 0 Å². The molecule has 0 unspecified atom stereocenters. The van der Waals surface area contributed by atoms with Crippen molar-refractivity contribution < 1.29 is 128 Å². The van der Waals surface area contributed by atoms with Gasteiger partial charge in [0.1, 0.15) is 110 Å². The summed E-state index contributed by atoms with van der Waals surface area (Å²) in [4.78, 5) is 0. The second-order valence-corrected chi connectivity index (χ2v) is 26.2. The summed E-state index contributed by atoms with van der Waals surface area (Å²) in [7, 11) is 0. The van der Waals surface area contributed by atoms with Crippen LogP contribution >= 0.6 is 0 Å². The molecule has 11 aliphatic rings. The number of hydrogen-bond donors (Lipinski definition) is 14. The Kier molecular flexibility index (Phi) is 18.4. The summed E-state index contributed by atoms with van der Waals surface area (Å²) in [5.41, 5.74) is 1.43. The van der Waals surface area contributed by atoms with Crippen molar-refractivity contribution in [2.75, 3.05) is 33.0 Å². The average Bonchev–Trinajstić information content (AvgIpc) is 1.69. The molecule has 0 aromatic carbocycles. The van der Waals surface area contributed by atoms with Crippen LogP contribution in [0.25, 0.3) is 0 Å². The van der Waals surface area contributed by atoms with Crippen LogP contribution in [0.2, 0.25) is 0 Å². The number of rotatable bonds is 13. The number of ether oxygens (including phenoxy) is 12. The van der Waals surface area contributed by atoms with E-state index in [9.17, 15) is 71.5 Å². The Morgan fingerprint density at radius 2 is 1.12 bits per heavy atom. The van der Waals surface area contributed by atoms with E-state index >= 15 is 0 Å². The standard InChI is InChI=1S/C56H90O26/c1-21-8-13-56(72-19-21)22(2)34-30(82-56)15-28-26-7-6-24-14-25(9-11-54(24,4)27(26)10-12-55(28,34)5)74-50-42(68)39(65)46(32(17-58)76-50)79-52-44(70)47(37(63)31(16-57)75-52)80-53-48(36(62)29(60)20-71-53)81-51-43(69)40(66)45(33(18-59)77-51)78-49-41(67)38(64)35(61)23(3)73-49/h6,21-23,25-53,57-70H,7-20H2,1-5H3/t21-,22-,23+,25+,26+,27-,28-,29+,30-,31+,32+,33+,34-,35+,36-,37+,38-,39+,40+,41+,42+,43+,44+,45+,46+,47-,48+,49-,50+,51-,52-,53-,54+,55-,56+/m1/s1. The van der Waals surface area contributed by atoms with Gasteiger partial charge in [0.15, 0.2) is 37.2 Å². The molecule has 10 fully saturated rings. The van der Waals surface area contributed by atoms with E-state index in [-0.39, 0.29) is 16.9 Å². The molecule has 470 valence electrons. The highest BCUT2D eigenvalue weighted by Crippen LogP contribution is 2.71. The second-order valence-electron chi connectivity index (χ2n) is 26.2. The van der Waals surface area contributed by atoms with E-state index in [4.69, 9.17) is 56.8 Å². The molecule has 82 heavy (non-hydrogen) atoms. The van der Waals surface area contributed by atoms with Crippen molar-refractivity contribution in [3.8, 4) is 0 Å². The maximum Gasteiger partial charge on any atom is 0.187 e. The first-order valence-corrected chi connectivity index (χ1v) is 29.8. The molecule has 26 nitrogen and oxygen atoms in total. The van der Waals surface area contributed by atoms with Crippen LogP contribution < -0.4 is 0 Å². The lowest BCUT2D eigenvalue weighted by atomic mass is 9.47. The van der Waals surface area contributed by atoms with Crippen LogP contribution in [0.15, 0.2) is 11.6 Å². The third-order valence-corrected chi connectivity index (χ3v) is 21.5. The first kappa shape index (κ1) is 62.3. The van der Waals surface area contributed by atoms with Crippen molar-refractivity contribution >= 4 is 0 Å². The van der Waals surface area contributed by atoms with Crippen LogP contribution in [0.1, 0.15) is 92.4 Å². The van der Waals surface area contributed by atoms with E-state index in [1.165, 1.54) is 12.5 Å². The molecule has 0 bridgehead atoms. The van der Waals surface area contributed by atoms with E-state index in [2.05, 4.69) is 33.8 Å². The van der Waals surface area contributed by atoms with Crippen LogP contribution in [0.5, 0.6) is 0 Å². The van der Waals surface area contributed by atoms with E-state index < -0.39 is 186 Å². The molecule has 0 aromatic heterocycles. The summed E-state index contributed by atoms with van der Waals surface area (Å²) in [6, 6.07) is 0. The number of hydrogen-bond acceptors (Lipinski definition) is 26. The van der Waals surface area contributed by atoms with Gasteiger partial charge in [-0.15, -0.1) is 0 Å². The van der Waals surface area contributed by atoms with Gasteiger partial charge in [-0.3, -0.25) is 0 Å². The zero-order valence-electron chi connectivity index (χ0n) is 47.1. The summed E-state index contributed by atoms with van der Waals surface area (Å²) >= 11 is 0. The Morgan fingerprint density at radius 1 is 0.537 bits per heavy atom. The van der Waals surface area contributed by atoms with Gasteiger partial charge in [0.05, 0.1) is 51.3 Å². The first-order chi connectivity index (χ1) is 39.0. The van der Waals surface area contributed by atoms with Gasteiger partial charge in [-0.2, -0.15) is 0 Å². The fourth-order valence-electron chi connectivity index (χ4n) is 16.7. The SMILES string of the molecule is C[C@@H]1CC[C@]2(OC1)O[C@@H]1C[C@@H]3[C@H]4CC=C5C[C@@H](O[C@H]6O[C@@H](CO)[C@H](O[C@H]7O[C@@H](CO)[C@H](O)[C@@H](O[C@H]8OC[C@H](O)[C@@H](O)[C@@H]8O[C@H]8O[C@@H](CO)[C@H](O[C@H]9O[C@@H](C)[C@H](O)[C@@H](O)[C@@H]9O)[C@@H](O)[C@@H]8O)[C@@H]7O)[C@@H](O)[C@@H]6O)CC[C@]5(C)[C@@H]4CC[C@@]3(C)[C@@H]1[C@H]2C. The first-order valence-electron chi connectivity index (χ1n) is 29.8. The lowest BCUT2D eigenvalue weighted by molar-refractivity contribution is -0.395. The normalized spacial score (nSPS) is 56.9. The van der Waals surface area contributed by atoms with Gasteiger partial charge in [0.25, 0.3) is 0 Å². The Bertz CT molecular complexity index is 2190. The Hall–Kier alpha value is -1.30. The highest BCUT2D eigenvalue weighted by molar-refractivity contribution is 5.26. The molecule has 3 saturated carbocycles. The molecule has 7 heterocycles. The lowest BCUT2D eigenvalue weighted by Gasteiger charge is -2.58. The third kappa shape index (κ3) is 10.8. The Balaban J connectivity index is 0.716. The molecule has 0 amide bonds. The van der Waals surface area contributed by atoms with Crippen LogP contribution in [-0.2, 0) is 56.8 Å². The summed E-state index contributed by atoms with van der Waals surface area (Å²) in [6.07, 6.45) is -30.7. The minimum atomic E-state index is -2.06. The highest BCUT2D eigenvalue weighted by Gasteiger charge is 2.69. The van der Waals surface area contributed by atoms with E-state index in [1.54, 1.807) is 0 Å². The van der Waals surface area contributed by atoms with Crippen molar-refractivity contribution in [3.63, 3.8) is 0 Å². The largest absolute Gasteiger partial charge is 0.394 e. The van der Waals surface area contributed by atoms with Crippen molar-refractivity contribution in [1.82, 2.24) is 0 Å². The maximum absolute atomic E-state index is 11.8. The van der Waals surface area contributed by atoms with Gasteiger partial charge in [-0.1, -0.05) is 39.3 Å². The molecule has 4 aliphatic carbocycles. The van der Waals surface area contributed by atoms with E-state index in [1.807, 2.05) is 0 Å². The number of aliphatic hydroxyl groups is 14. The Morgan fingerprint density at radius 3 is 1.76 bits per heavy atom. The van der Waals surface area contributed by atoms with Crippen molar-refractivity contribution in [1.29, 1.82) is 0 Å². The highest BCUT2D eigenvalue weighted by atomic mass is 16.8.